The number of methoxy groups -OCH3 is 1. The number of benzene rings is 1. The summed E-state index contributed by atoms with van der Waals surface area (Å²) in [7, 11) is 1.45. The molecule has 0 saturated heterocycles. The Morgan fingerprint density at radius 2 is 2.00 bits per heavy atom. The lowest BCUT2D eigenvalue weighted by Gasteiger charge is -2.10. The molecule has 0 atom stereocenters. The number of halogens is 3. The maximum Gasteiger partial charge on any atom is 0.215 e. The number of ether oxygens (including phenoxy) is 1. The van der Waals surface area contributed by atoms with Gasteiger partial charge in [0.15, 0.2) is 11.5 Å². The third-order valence-corrected chi connectivity index (χ3v) is 3.21. The summed E-state index contributed by atoms with van der Waals surface area (Å²) >= 11 is 5.93. The summed E-state index contributed by atoms with van der Waals surface area (Å²) in [5, 5.41) is -0.136. The van der Waals surface area contributed by atoms with Crippen LogP contribution in [0.1, 0.15) is 0 Å². The molecule has 2 heterocycles. The normalized spacial score (nSPS) is 11.0. The number of nitrogen functional groups attached to an aromatic ring is 1. The maximum atomic E-state index is 14.1. The van der Waals surface area contributed by atoms with Gasteiger partial charge in [0.25, 0.3) is 0 Å². The highest BCUT2D eigenvalue weighted by Crippen LogP contribution is 2.30. The predicted molar refractivity (Wildman–Crippen MR) is 74.8 cm³/mol. The zero-order valence-electron chi connectivity index (χ0n) is 10.8. The summed E-state index contributed by atoms with van der Waals surface area (Å²) in [6, 6.07) is 4.93. The molecule has 0 aliphatic rings. The van der Waals surface area contributed by atoms with Gasteiger partial charge in [-0.25, -0.2) is 13.8 Å². The summed E-state index contributed by atoms with van der Waals surface area (Å²) in [5.74, 6) is -1.36. The van der Waals surface area contributed by atoms with Gasteiger partial charge in [0.2, 0.25) is 11.8 Å². The summed E-state index contributed by atoms with van der Waals surface area (Å²) < 4.78 is 33.5. The van der Waals surface area contributed by atoms with Gasteiger partial charge in [0, 0.05) is 12.1 Å². The lowest BCUT2D eigenvalue weighted by atomic mass is 10.3. The quantitative estimate of drug-likeness (QED) is 0.790. The van der Waals surface area contributed by atoms with Crippen molar-refractivity contribution in [1.82, 2.24) is 14.5 Å². The van der Waals surface area contributed by atoms with E-state index in [9.17, 15) is 8.78 Å². The van der Waals surface area contributed by atoms with Crippen LogP contribution in [0.5, 0.6) is 5.88 Å². The van der Waals surface area contributed by atoms with Crippen LogP contribution in [0.2, 0.25) is 5.02 Å². The van der Waals surface area contributed by atoms with E-state index in [2.05, 4.69) is 9.97 Å². The topological polar surface area (TPSA) is 66.0 Å². The summed E-state index contributed by atoms with van der Waals surface area (Å²) in [6.45, 7) is 0. The summed E-state index contributed by atoms with van der Waals surface area (Å²) in [6.07, 6.45) is 0. The fraction of sp³-hybridized carbons (Fsp3) is 0.0769. The van der Waals surface area contributed by atoms with Crippen LogP contribution in [0, 0.1) is 11.6 Å². The average molecular weight is 311 g/mol. The molecule has 3 rings (SSSR count). The van der Waals surface area contributed by atoms with Crippen molar-refractivity contribution in [3.63, 3.8) is 0 Å². The molecule has 0 unspecified atom stereocenters. The van der Waals surface area contributed by atoms with E-state index in [-0.39, 0.29) is 22.3 Å². The molecule has 5 nitrogen and oxygen atoms in total. The number of hydrogen-bond donors (Lipinski definition) is 1. The zero-order valence-corrected chi connectivity index (χ0v) is 11.5. The van der Waals surface area contributed by atoms with E-state index >= 15 is 0 Å². The first-order valence-corrected chi connectivity index (χ1v) is 6.23. The molecule has 8 heteroatoms. The van der Waals surface area contributed by atoms with E-state index in [1.165, 1.54) is 11.7 Å². The van der Waals surface area contributed by atoms with Crippen molar-refractivity contribution in [2.45, 2.75) is 0 Å². The Hall–Kier alpha value is -2.41. The predicted octanol–water partition coefficient (Wildman–Crippen LogP) is 2.94. The van der Waals surface area contributed by atoms with Crippen molar-refractivity contribution in [2.75, 3.05) is 12.8 Å². The van der Waals surface area contributed by atoms with Gasteiger partial charge in [-0.1, -0.05) is 11.6 Å². The molecule has 1 aromatic carbocycles. The van der Waals surface area contributed by atoms with E-state index in [4.69, 9.17) is 22.1 Å². The molecule has 0 fully saturated rings. The Morgan fingerprint density at radius 1 is 1.24 bits per heavy atom. The number of hydrogen-bond acceptors (Lipinski definition) is 4. The first kappa shape index (κ1) is 13.6. The van der Waals surface area contributed by atoms with Gasteiger partial charge < -0.3 is 10.5 Å². The number of anilines is 1. The van der Waals surface area contributed by atoms with E-state index in [0.29, 0.717) is 17.5 Å². The van der Waals surface area contributed by atoms with Crippen LogP contribution in [0.25, 0.3) is 16.9 Å². The highest BCUT2D eigenvalue weighted by molar-refractivity contribution is 6.32. The van der Waals surface area contributed by atoms with Gasteiger partial charge in [0.1, 0.15) is 17.0 Å². The molecule has 2 aromatic heterocycles. The maximum absolute atomic E-state index is 14.1. The van der Waals surface area contributed by atoms with Gasteiger partial charge in [-0.2, -0.15) is 4.98 Å². The SMILES string of the molecule is COc1ccc2nc(N)n(-c3c(F)cc(F)cc3Cl)c2n1. The molecular weight excluding hydrogens is 302 g/mol. The number of pyridine rings is 1. The molecule has 0 bridgehead atoms. The van der Waals surface area contributed by atoms with Crippen LogP contribution in [-0.4, -0.2) is 21.6 Å². The van der Waals surface area contributed by atoms with E-state index in [0.717, 1.165) is 6.07 Å². The first-order valence-electron chi connectivity index (χ1n) is 5.85. The molecule has 21 heavy (non-hydrogen) atoms. The summed E-state index contributed by atoms with van der Waals surface area (Å²) in [5.41, 5.74) is 6.39. The average Bonchev–Trinajstić information content (AvgIpc) is 2.73. The Balaban J connectivity index is 2.37. The number of nitrogens with zero attached hydrogens (tertiary/aromatic N) is 3. The van der Waals surface area contributed by atoms with Gasteiger partial charge in [-0.15, -0.1) is 0 Å². The van der Waals surface area contributed by atoms with Crippen LogP contribution >= 0.6 is 11.6 Å². The van der Waals surface area contributed by atoms with Crippen LogP contribution < -0.4 is 10.5 Å². The molecule has 2 N–H and O–H groups in total. The minimum Gasteiger partial charge on any atom is -0.481 e. The number of imidazole rings is 1. The monoisotopic (exact) mass is 310 g/mol. The fourth-order valence-corrected chi connectivity index (χ4v) is 2.32. The Kier molecular flexibility index (Phi) is 3.13. The van der Waals surface area contributed by atoms with Crippen LogP contribution in [0.15, 0.2) is 24.3 Å². The molecule has 0 amide bonds. The lowest BCUT2D eigenvalue weighted by Crippen LogP contribution is -2.05. The Morgan fingerprint density at radius 3 is 2.67 bits per heavy atom. The van der Waals surface area contributed by atoms with Gasteiger partial charge in [0.05, 0.1) is 12.1 Å². The van der Waals surface area contributed by atoms with Crippen molar-refractivity contribution in [2.24, 2.45) is 0 Å². The van der Waals surface area contributed by atoms with Crippen molar-refractivity contribution < 1.29 is 13.5 Å². The largest absolute Gasteiger partial charge is 0.481 e. The van der Waals surface area contributed by atoms with E-state index in [1.54, 1.807) is 12.1 Å². The zero-order chi connectivity index (χ0) is 15.1. The molecule has 0 saturated carbocycles. The fourth-order valence-electron chi connectivity index (χ4n) is 2.04. The van der Waals surface area contributed by atoms with Crippen molar-refractivity contribution in [3.05, 3.63) is 40.9 Å². The van der Waals surface area contributed by atoms with Gasteiger partial charge in [-0.05, 0) is 12.1 Å². The van der Waals surface area contributed by atoms with Crippen molar-refractivity contribution in [3.8, 4) is 11.6 Å². The molecule has 0 aliphatic heterocycles. The number of fused-ring (bicyclic) bond motifs is 1. The number of nitrogens with two attached hydrogens (primary N) is 1. The Bertz CT molecular complexity index is 827. The summed E-state index contributed by atoms with van der Waals surface area (Å²) in [4.78, 5) is 8.25. The molecule has 0 aliphatic carbocycles. The smallest absolute Gasteiger partial charge is 0.215 e. The lowest BCUT2D eigenvalue weighted by molar-refractivity contribution is 0.399. The van der Waals surface area contributed by atoms with Crippen molar-refractivity contribution >= 4 is 28.7 Å². The molecular formula is C13H9ClF2N4O. The van der Waals surface area contributed by atoms with Crippen LogP contribution in [-0.2, 0) is 0 Å². The Labute approximate surface area is 122 Å². The van der Waals surface area contributed by atoms with E-state index in [1.807, 2.05) is 0 Å². The second kappa shape index (κ2) is 4.85. The molecule has 3 aromatic rings. The van der Waals surface area contributed by atoms with Crippen LogP contribution in [0.3, 0.4) is 0 Å². The number of rotatable bonds is 2. The third kappa shape index (κ3) is 2.15. The minimum absolute atomic E-state index is 0.0156. The molecule has 0 spiro atoms. The highest BCUT2D eigenvalue weighted by atomic mass is 35.5. The molecule has 0 radical (unpaired) electrons. The van der Waals surface area contributed by atoms with Gasteiger partial charge in [-0.3, -0.25) is 4.57 Å². The minimum atomic E-state index is -0.865. The number of aromatic nitrogens is 3. The molecule has 108 valence electrons. The second-order valence-corrected chi connectivity index (χ2v) is 4.63. The first-order chi connectivity index (χ1) is 10.0. The third-order valence-electron chi connectivity index (χ3n) is 2.92. The van der Waals surface area contributed by atoms with Gasteiger partial charge >= 0.3 is 0 Å². The van der Waals surface area contributed by atoms with E-state index < -0.39 is 11.6 Å². The van der Waals surface area contributed by atoms with Crippen molar-refractivity contribution in [1.29, 1.82) is 0 Å². The standard InChI is InChI=1S/C13H9ClF2N4O/c1-21-10-3-2-9-12(19-10)20(13(17)18-9)11-7(14)4-6(15)5-8(11)16/h2-5H,1H3,(H2,17,18). The second-order valence-electron chi connectivity index (χ2n) is 4.22. The van der Waals surface area contributed by atoms with Crippen LogP contribution in [0.4, 0.5) is 14.7 Å². The highest BCUT2D eigenvalue weighted by Gasteiger charge is 2.19.